The number of rotatable bonds is 3. The molecule has 0 saturated carbocycles. The zero-order valence-electron chi connectivity index (χ0n) is 20.6. The highest BCUT2D eigenvalue weighted by molar-refractivity contribution is 5.93. The lowest BCUT2D eigenvalue weighted by molar-refractivity contribution is -0.135. The first-order valence-electron chi connectivity index (χ1n) is 12.0. The summed E-state index contributed by atoms with van der Waals surface area (Å²) in [7, 11) is 0. The van der Waals surface area contributed by atoms with Crippen LogP contribution in [0, 0.1) is 12.3 Å². The van der Waals surface area contributed by atoms with Crippen molar-refractivity contribution in [2.24, 2.45) is 5.41 Å². The Balaban J connectivity index is 1.58. The predicted molar refractivity (Wildman–Crippen MR) is 136 cm³/mol. The third kappa shape index (κ3) is 4.11. The summed E-state index contributed by atoms with van der Waals surface area (Å²) in [6.45, 7) is 12.6. The van der Waals surface area contributed by atoms with Crippen molar-refractivity contribution in [3.05, 3.63) is 54.1 Å². The average molecular weight is 457 g/mol. The lowest BCUT2D eigenvalue weighted by Gasteiger charge is -2.41. The molecule has 176 valence electrons. The number of hydrogen-bond donors (Lipinski definition) is 0. The van der Waals surface area contributed by atoms with Crippen molar-refractivity contribution >= 4 is 28.4 Å². The molecular formula is C27H32N6O. The number of para-hydroxylation sites is 1. The van der Waals surface area contributed by atoms with Crippen LogP contribution in [-0.2, 0) is 4.79 Å². The summed E-state index contributed by atoms with van der Waals surface area (Å²) in [5.74, 6) is 1.83. The Morgan fingerprint density at radius 3 is 2.59 bits per heavy atom. The third-order valence-corrected chi connectivity index (χ3v) is 6.42. The number of carbonyl (C=O) groups excluding carboxylic acids is 1. The fourth-order valence-electron chi connectivity index (χ4n) is 4.81. The zero-order chi connectivity index (χ0) is 24.0. The second-order valence-corrected chi connectivity index (χ2v) is 10.6. The van der Waals surface area contributed by atoms with Crippen molar-refractivity contribution in [1.29, 1.82) is 0 Å². The summed E-state index contributed by atoms with van der Waals surface area (Å²) in [5.41, 5.74) is 3.86. The standard InChI is InChI=1S/C27H32N6O/c1-18-9-8-10-20(15-18)24-29-30-25-21-11-6-7-12-22(21)28-26(33(24)25)31-13-14-32(19(2)17-31)23(34)16-27(3,4)5/h6-12,15,19H,13-14,16-17H2,1-5H3/t19-/m1/s1. The molecule has 3 heterocycles. The quantitative estimate of drug-likeness (QED) is 0.446. The third-order valence-electron chi connectivity index (χ3n) is 6.42. The van der Waals surface area contributed by atoms with E-state index >= 15 is 0 Å². The molecule has 7 heteroatoms. The topological polar surface area (TPSA) is 66.6 Å². The van der Waals surface area contributed by atoms with Crippen molar-refractivity contribution in [1.82, 2.24) is 24.5 Å². The molecule has 1 aliphatic heterocycles. The van der Waals surface area contributed by atoms with Gasteiger partial charge in [0.15, 0.2) is 11.5 Å². The van der Waals surface area contributed by atoms with Crippen LogP contribution in [0.2, 0.25) is 0 Å². The number of piperazine rings is 1. The van der Waals surface area contributed by atoms with E-state index in [9.17, 15) is 4.79 Å². The van der Waals surface area contributed by atoms with Crippen LogP contribution in [0.25, 0.3) is 27.9 Å². The highest BCUT2D eigenvalue weighted by atomic mass is 16.2. The van der Waals surface area contributed by atoms with E-state index in [1.54, 1.807) is 0 Å². The number of carbonyl (C=O) groups is 1. The molecule has 1 fully saturated rings. The molecular weight excluding hydrogens is 424 g/mol. The van der Waals surface area contributed by atoms with Gasteiger partial charge in [-0.3, -0.25) is 4.79 Å². The smallest absolute Gasteiger partial charge is 0.223 e. The largest absolute Gasteiger partial charge is 0.338 e. The Morgan fingerprint density at radius 1 is 1.06 bits per heavy atom. The maximum atomic E-state index is 13.0. The Kier molecular flexibility index (Phi) is 5.50. The first kappa shape index (κ1) is 22.3. The summed E-state index contributed by atoms with van der Waals surface area (Å²) < 4.78 is 2.08. The van der Waals surface area contributed by atoms with Crippen LogP contribution in [0.15, 0.2) is 48.5 Å². The summed E-state index contributed by atoms with van der Waals surface area (Å²) in [5, 5.41) is 10.2. The number of fused-ring (bicyclic) bond motifs is 3. The minimum Gasteiger partial charge on any atom is -0.338 e. The van der Waals surface area contributed by atoms with Gasteiger partial charge < -0.3 is 9.80 Å². The Hall–Kier alpha value is -3.48. The molecule has 2 aromatic carbocycles. The van der Waals surface area contributed by atoms with Crippen LogP contribution in [0.1, 0.15) is 39.7 Å². The molecule has 4 aromatic rings. The number of amides is 1. The molecule has 7 nitrogen and oxygen atoms in total. The minimum atomic E-state index is -0.0226. The van der Waals surface area contributed by atoms with Gasteiger partial charge in [0.25, 0.3) is 0 Å². The van der Waals surface area contributed by atoms with Crippen molar-refractivity contribution in [3.8, 4) is 11.4 Å². The number of aryl methyl sites for hydroxylation is 1. The average Bonchev–Trinajstić information content (AvgIpc) is 3.23. The van der Waals surface area contributed by atoms with Gasteiger partial charge in [-0.15, -0.1) is 10.2 Å². The summed E-state index contributed by atoms with van der Waals surface area (Å²) in [4.78, 5) is 22.3. The Morgan fingerprint density at radius 2 is 1.85 bits per heavy atom. The van der Waals surface area contributed by atoms with Gasteiger partial charge in [0.1, 0.15) is 0 Å². The second-order valence-electron chi connectivity index (χ2n) is 10.6. The molecule has 1 saturated heterocycles. The first-order valence-corrected chi connectivity index (χ1v) is 12.0. The molecule has 0 radical (unpaired) electrons. The molecule has 0 unspecified atom stereocenters. The molecule has 0 N–H and O–H groups in total. The van der Waals surface area contributed by atoms with Gasteiger partial charge in [-0.25, -0.2) is 9.38 Å². The fraction of sp³-hybridized carbons (Fsp3) is 0.407. The maximum Gasteiger partial charge on any atom is 0.223 e. The molecule has 34 heavy (non-hydrogen) atoms. The van der Waals surface area contributed by atoms with Crippen molar-refractivity contribution in [2.45, 2.75) is 47.1 Å². The van der Waals surface area contributed by atoms with Gasteiger partial charge >= 0.3 is 0 Å². The highest BCUT2D eigenvalue weighted by Crippen LogP contribution is 2.30. The predicted octanol–water partition coefficient (Wildman–Crippen LogP) is 4.73. The number of hydrogen-bond acceptors (Lipinski definition) is 5. The highest BCUT2D eigenvalue weighted by Gasteiger charge is 2.31. The molecule has 1 amide bonds. The van der Waals surface area contributed by atoms with Gasteiger partial charge in [0.2, 0.25) is 11.9 Å². The monoisotopic (exact) mass is 456 g/mol. The molecule has 0 spiro atoms. The van der Waals surface area contributed by atoms with E-state index < -0.39 is 0 Å². The summed E-state index contributed by atoms with van der Waals surface area (Å²) >= 11 is 0. The van der Waals surface area contributed by atoms with E-state index in [1.165, 1.54) is 5.56 Å². The van der Waals surface area contributed by atoms with E-state index in [-0.39, 0.29) is 17.4 Å². The minimum absolute atomic E-state index is 0.0226. The van der Waals surface area contributed by atoms with Crippen LogP contribution in [0.5, 0.6) is 0 Å². The number of benzene rings is 2. The van der Waals surface area contributed by atoms with E-state index in [2.05, 4.69) is 72.3 Å². The number of nitrogens with zero attached hydrogens (tertiary/aromatic N) is 6. The molecule has 1 atom stereocenters. The number of anilines is 1. The molecule has 2 aromatic heterocycles. The van der Waals surface area contributed by atoms with Crippen molar-refractivity contribution in [2.75, 3.05) is 24.5 Å². The van der Waals surface area contributed by atoms with Crippen LogP contribution in [0.4, 0.5) is 5.95 Å². The van der Waals surface area contributed by atoms with Crippen LogP contribution in [-0.4, -0.2) is 56.1 Å². The normalized spacial score (nSPS) is 17.0. The SMILES string of the molecule is Cc1cccc(-c2nnc3c4ccccc4nc(N4CCN(C(=O)CC(C)(C)C)[C@H](C)C4)n23)c1. The van der Waals surface area contributed by atoms with Crippen molar-refractivity contribution in [3.63, 3.8) is 0 Å². The van der Waals surface area contributed by atoms with E-state index in [4.69, 9.17) is 4.98 Å². The van der Waals surface area contributed by atoms with Gasteiger partial charge in [0, 0.05) is 43.0 Å². The summed E-state index contributed by atoms with van der Waals surface area (Å²) in [6, 6.07) is 16.5. The van der Waals surface area contributed by atoms with Gasteiger partial charge in [-0.1, -0.05) is 56.7 Å². The first-order chi connectivity index (χ1) is 16.2. The molecule has 0 aliphatic carbocycles. The van der Waals surface area contributed by atoms with E-state index in [0.717, 1.165) is 33.9 Å². The van der Waals surface area contributed by atoms with E-state index in [0.29, 0.717) is 26.1 Å². The lowest BCUT2D eigenvalue weighted by Crippen LogP contribution is -2.55. The van der Waals surface area contributed by atoms with Gasteiger partial charge in [-0.05, 0) is 37.5 Å². The maximum absolute atomic E-state index is 13.0. The van der Waals surface area contributed by atoms with Crippen LogP contribution < -0.4 is 4.90 Å². The van der Waals surface area contributed by atoms with Crippen LogP contribution >= 0.6 is 0 Å². The Labute approximate surface area is 200 Å². The summed E-state index contributed by atoms with van der Waals surface area (Å²) in [6.07, 6.45) is 0.554. The molecule has 5 rings (SSSR count). The van der Waals surface area contributed by atoms with Crippen molar-refractivity contribution < 1.29 is 4.79 Å². The zero-order valence-corrected chi connectivity index (χ0v) is 20.6. The lowest BCUT2D eigenvalue weighted by atomic mass is 9.91. The number of aromatic nitrogens is 4. The molecule has 0 bridgehead atoms. The Bertz CT molecular complexity index is 1370. The van der Waals surface area contributed by atoms with Crippen LogP contribution in [0.3, 0.4) is 0 Å². The van der Waals surface area contributed by atoms with E-state index in [1.807, 2.05) is 35.2 Å². The second kappa shape index (κ2) is 8.38. The van der Waals surface area contributed by atoms with Gasteiger partial charge in [-0.2, -0.15) is 0 Å². The van der Waals surface area contributed by atoms with Gasteiger partial charge in [0.05, 0.1) is 5.52 Å². The molecule has 1 aliphatic rings. The fourth-order valence-corrected chi connectivity index (χ4v) is 4.81.